The van der Waals surface area contributed by atoms with Crippen LogP contribution in [0.1, 0.15) is 25.2 Å². The van der Waals surface area contributed by atoms with E-state index in [0.29, 0.717) is 12.4 Å². The highest BCUT2D eigenvalue weighted by Crippen LogP contribution is 2.27. The second-order valence-electron chi connectivity index (χ2n) is 7.05. The van der Waals surface area contributed by atoms with Crippen LogP contribution >= 0.6 is 0 Å². The van der Waals surface area contributed by atoms with E-state index in [1.807, 2.05) is 6.92 Å². The number of aromatic nitrogens is 3. The number of rotatable bonds is 4. The summed E-state index contributed by atoms with van der Waals surface area (Å²) in [7, 11) is 0. The average molecular weight is 330 g/mol. The van der Waals surface area contributed by atoms with Crippen LogP contribution in [0.5, 0.6) is 0 Å². The first-order chi connectivity index (χ1) is 11.3. The molecule has 0 atom stereocenters. The lowest BCUT2D eigenvalue weighted by molar-refractivity contribution is 0.0581. The molecule has 3 rings (SSSR count). The summed E-state index contributed by atoms with van der Waals surface area (Å²) in [6.07, 6.45) is 0. The summed E-state index contributed by atoms with van der Waals surface area (Å²) >= 11 is 0. The van der Waals surface area contributed by atoms with Crippen molar-refractivity contribution in [3.05, 3.63) is 29.6 Å². The number of aliphatic hydroxyl groups is 1. The molecular weight excluding hydrogens is 304 g/mol. The normalized spacial score (nSPS) is 15.8. The van der Waals surface area contributed by atoms with Gasteiger partial charge in [-0.2, -0.15) is 5.10 Å². The maximum atomic E-state index is 10.1. The van der Waals surface area contributed by atoms with E-state index in [1.54, 1.807) is 18.5 Å². The molecule has 130 valence electrons. The summed E-state index contributed by atoms with van der Waals surface area (Å²) in [5, 5.41) is 14.5. The van der Waals surface area contributed by atoms with Crippen molar-refractivity contribution in [1.82, 2.24) is 14.8 Å². The van der Waals surface area contributed by atoms with E-state index in [-0.39, 0.29) is 0 Å². The molecule has 1 N–H and O–H groups in total. The molecule has 0 aliphatic carbocycles. The molecule has 1 fully saturated rings. The zero-order valence-corrected chi connectivity index (χ0v) is 14.9. The van der Waals surface area contributed by atoms with Gasteiger partial charge in [-0.15, -0.1) is 0 Å². The SMILES string of the molecule is Cc1nc(-c2ccc(N3CCOCC3)c(C)c2)n(CC(C)(C)O)n1. The van der Waals surface area contributed by atoms with Crippen molar-refractivity contribution in [2.45, 2.75) is 39.8 Å². The third-order valence-electron chi connectivity index (χ3n) is 4.12. The Balaban J connectivity index is 1.92. The topological polar surface area (TPSA) is 63.4 Å². The summed E-state index contributed by atoms with van der Waals surface area (Å²) < 4.78 is 7.22. The maximum Gasteiger partial charge on any atom is 0.158 e. The number of hydrogen-bond acceptors (Lipinski definition) is 5. The summed E-state index contributed by atoms with van der Waals surface area (Å²) in [5.41, 5.74) is 2.64. The van der Waals surface area contributed by atoms with Crippen LogP contribution < -0.4 is 4.90 Å². The first-order valence-electron chi connectivity index (χ1n) is 8.41. The summed E-state index contributed by atoms with van der Waals surface area (Å²) in [6.45, 7) is 11.4. The van der Waals surface area contributed by atoms with E-state index in [2.05, 4.69) is 40.1 Å². The molecule has 0 bridgehead atoms. The van der Waals surface area contributed by atoms with Gasteiger partial charge in [0.1, 0.15) is 5.82 Å². The van der Waals surface area contributed by atoms with Gasteiger partial charge in [-0.3, -0.25) is 0 Å². The Bertz CT molecular complexity index is 712. The molecule has 1 aromatic heterocycles. The monoisotopic (exact) mass is 330 g/mol. The van der Waals surface area contributed by atoms with Gasteiger partial charge in [0.25, 0.3) is 0 Å². The van der Waals surface area contributed by atoms with Crippen LogP contribution in [0.15, 0.2) is 18.2 Å². The van der Waals surface area contributed by atoms with Gasteiger partial charge in [-0.1, -0.05) is 0 Å². The summed E-state index contributed by atoms with van der Waals surface area (Å²) in [6, 6.07) is 6.38. The highest BCUT2D eigenvalue weighted by atomic mass is 16.5. The predicted octanol–water partition coefficient (Wildman–Crippen LogP) is 2.17. The molecule has 0 saturated carbocycles. The van der Waals surface area contributed by atoms with Crippen LogP contribution in [0.25, 0.3) is 11.4 Å². The van der Waals surface area contributed by atoms with Crippen molar-refractivity contribution < 1.29 is 9.84 Å². The lowest BCUT2D eigenvalue weighted by atomic mass is 10.1. The van der Waals surface area contributed by atoms with Gasteiger partial charge < -0.3 is 14.7 Å². The van der Waals surface area contributed by atoms with E-state index in [4.69, 9.17) is 4.74 Å². The van der Waals surface area contributed by atoms with E-state index < -0.39 is 5.60 Å². The third kappa shape index (κ3) is 3.76. The lowest BCUT2D eigenvalue weighted by Crippen LogP contribution is -2.36. The number of anilines is 1. The van der Waals surface area contributed by atoms with Crippen LogP contribution in [0.3, 0.4) is 0 Å². The molecule has 0 unspecified atom stereocenters. The van der Waals surface area contributed by atoms with Crippen LogP contribution in [-0.2, 0) is 11.3 Å². The van der Waals surface area contributed by atoms with Crippen molar-refractivity contribution in [2.75, 3.05) is 31.2 Å². The Morgan fingerprint density at radius 1 is 1.21 bits per heavy atom. The minimum Gasteiger partial charge on any atom is -0.389 e. The molecule has 24 heavy (non-hydrogen) atoms. The minimum absolute atomic E-state index is 0.410. The van der Waals surface area contributed by atoms with Crippen molar-refractivity contribution in [3.8, 4) is 11.4 Å². The first-order valence-corrected chi connectivity index (χ1v) is 8.41. The Labute approximate surface area is 143 Å². The number of ether oxygens (including phenoxy) is 1. The number of hydrogen-bond donors (Lipinski definition) is 1. The molecule has 2 heterocycles. The fourth-order valence-corrected chi connectivity index (χ4v) is 3.10. The van der Waals surface area contributed by atoms with E-state index in [0.717, 1.165) is 37.7 Å². The van der Waals surface area contributed by atoms with Gasteiger partial charge >= 0.3 is 0 Å². The number of morpholine rings is 1. The highest BCUT2D eigenvalue weighted by Gasteiger charge is 2.20. The first kappa shape index (κ1) is 16.9. The van der Waals surface area contributed by atoms with Gasteiger partial charge in [0.2, 0.25) is 0 Å². The molecule has 2 aromatic rings. The fraction of sp³-hybridized carbons (Fsp3) is 0.556. The van der Waals surface area contributed by atoms with E-state index >= 15 is 0 Å². The predicted molar refractivity (Wildman–Crippen MR) is 94.3 cm³/mol. The molecule has 1 saturated heterocycles. The number of nitrogens with zero attached hydrogens (tertiary/aromatic N) is 4. The molecule has 0 spiro atoms. The lowest BCUT2D eigenvalue weighted by Gasteiger charge is -2.30. The van der Waals surface area contributed by atoms with Crippen molar-refractivity contribution in [2.24, 2.45) is 0 Å². The molecule has 0 radical (unpaired) electrons. The Hall–Kier alpha value is -1.92. The van der Waals surface area contributed by atoms with Crippen molar-refractivity contribution in [3.63, 3.8) is 0 Å². The quantitative estimate of drug-likeness (QED) is 0.931. The molecule has 6 heteroatoms. The smallest absolute Gasteiger partial charge is 0.158 e. The fourth-order valence-electron chi connectivity index (χ4n) is 3.10. The zero-order valence-electron chi connectivity index (χ0n) is 14.9. The van der Waals surface area contributed by atoms with Gasteiger partial charge in [0, 0.05) is 24.3 Å². The zero-order chi connectivity index (χ0) is 17.3. The second-order valence-corrected chi connectivity index (χ2v) is 7.05. The maximum absolute atomic E-state index is 10.1. The summed E-state index contributed by atoms with van der Waals surface area (Å²) in [4.78, 5) is 6.91. The van der Waals surface area contributed by atoms with Crippen LogP contribution in [0, 0.1) is 13.8 Å². The Kier molecular flexibility index (Phi) is 4.60. The molecule has 0 amide bonds. The Morgan fingerprint density at radius 3 is 2.54 bits per heavy atom. The second kappa shape index (κ2) is 6.53. The number of aryl methyl sites for hydroxylation is 2. The molecular formula is C18H26N4O2. The highest BCUT2D eigenvalue weighted by molar-refractivity contribution is 5.64. The van der Waals surface area contributed by atoms with Gasteiger partial charge in [-0.05, 0) is 51.5 Å². The minimum atomic E-state index is -0.836. The molecule has 1 aromatic carbocycles. The average Bonchev–Trinajstić information content (AvgIpc) is 2.86. The van der Waals surface area contributed by atoms with E-state index in [1.165, 1.54) is 11.3 Å². The van der Waals surface area contributed by atoms with Gasteiger partial charge in [0.15, 0.2) is 5.82 Å². The standard InChI is InChI=1S/C18H26N4O2/c1-13-11-15(5-6-16(13)21-7-9-24-10-8-21)17-19-14(2)20-22(17)12-18(3,4)23/h5-6,11,23H,7-10,12H2,1-4H3. The summed E-state index contributed by atoms with van der Waals surface area (Å²) in [5.74, 6) is 1.51. The largest absolute Gasteiger partial charge is 0.389 e. The van der Waals surface area contributed by atoms with Crippen LogP contribution in [0.4, 0.5) is 5.69 Å². The number of benzene rings is 1. The van der Waals surface area contributed by atoms with Crippen LogP contribution in [0.2, 0.25) is 0 Å². The van der Waals surface area contributed by atoms with Gasteiger partial charge in [-0.25, -0.2) is 9.67 Å². The van der Waals surface area contributed by atoms with Crippen LogP contribution in [-0.4, -0.2) is 51.8 Å². The third-order valence-corrected chi connectivity index (χ3v) is 4.12. The van der Waals surface area contributed by atoms with Crippen molar-refractivity contribution >= 4 is 5.69 Å². The van der Waals surface area contributed by atoms with Crippen molar-refractivity contribution in [1.29, 1.82) is 0 Å². The Morgan fingerprint density at radius 2 is 1.92 bits per heavy atom. The van der Waals surface area contributed by atoms with Gasteiger partial charge in [0.05, 0.1) is 25.4 Å². The molecule has 1 aliphatic rings. The molecule has 6 nitrogen and oxygen atoms in total. The molecule has 1 aliphatic heterocycles. The van der Waals surface area contributed by atoms with E-state index in [9.17, 15) is 5.11 Å².